The number of carbonyl (C=O) groups is 2. The van der Waals surface area contributed by atoms with Gasteiger partial charge in [-0.1, -0.05) is 30.1 Å². The van der Waals surface area contributed by atoms with Crippen LogP contribution in [0, 0.1) is 0 Å². The number of aromatic nitrogens is 2. The van der Waals surface area contributed by atoms with Crippen molar-refractivity contribution >= 4 is 57.8 Å². The highest BCUT2D eigenvalue weighted by Crippen LogP contribution is 2.44. The molecular weight excluding hydrogens is 465 g/mol. The number of benzene rings is 1. The first-order chi connectivity index (χ1) is 14.7. The van der Waals surface area contributed by atoms with Crippen LogP contribution in [0.5, 0.6) is 0 Å². The van der Waals surface area contributed by atoms with Crippen LogP contribution < -0.4 is 4.90 Å². The smallest absolute Gasteiger partial charge is 0.302 e. The van der Waals surface area contributed by atoms with Crippen molar-refractivity contribution in [2.45, 2.75) is 50.6 Å². The van der Waals surface area contributed by atoms with Crippen molar-refractivity contribution in [3.63, 3.8) is 0 Å². The van der Waals surface area contributed by atoms with E-state index < -0.39 is 16.6 Å². The van der Waals surface area contributed by atoms with Crippen molar-refractivity contribution in [3.8, 4) is 0 Å². The van der Waals surface area contributed by atoms with Crippen molar-refractivity contribution in [3.05, 3.63) is 34.4 Å². The first kappa shape index (κ1) is 23.7. The first-order valence-corrected chi connectivity index (χ1v) is 11.6. The Morgan fingerprint density at radius 3 is 2.45 bits per heavy atom. The quantitative estimate of drug-likeness (QED) is 0.385. The highest BCUT2D eigenvalue weighted by molar-refractivity contribution is 7.80. The van der Waals surface area contributed by atoms with Crippen molar-refractivity contribution in [1.29, 1.82) is 0 Å². The van der Waals surface area contributed by atoms with Crippen LogP contribution >= 0.6 is 23.2 Å². The molecule has 0 N–H and O–H groups in total. The van der Waals surface area contributed by atoms with Gasteiger partial charge in [-0.05, 0) is 44.4 Å². The molecule has 2 aromatic rings. The maximum atomic E-state index is 13.4. The summed E-state index contributed by atoms with van der Waals surface area (Å²) in [6.45, 7) is 5.48. The molecular formula is C20H23Cl2N3O5S. The van der Waals surface area contributed by atoms with Crippen LogP contribution in [0.4, 0.5) is 11.6 Å². The molecule has 3 rings (SSSR count). The molecule has 0 saturated carbocycles. The molecule has 1 amide bonds. The minimum absolute atomic E-state index is 0.207. The van der Waals surface area contributed by atoms with Crippen LogP contribution in [-0.4, -0.2) is 38.9 Å². The number of esters is 1. The lowest BCUT2D eigenvalue weighted by Gasteiger charge is -2.24. The predicted molar refractivity (Wildman–Crippen MR) is 118 cm³/mol. The number of fused-ring (bicyclic) bond motifs is 1. The summed E-state index contributed by atoms with van der Waals surface area (Å²) in [5, 5.41) is 1.07. The molecule has 0 saturated heterocycles. The molecule has 0 fully saturated rings. The van der Waals surface area contributed by atoms with Gasteiger partial charge in [-0.15, -0.1) is 0 Å². The second-order valence-corrected chi connectivity index (χ2v) is 9.23. The maximum Gasteiger partial charge on any atom is 0.302 e. The minimum Gasteiger partial charge on any atom is -0.466 e. The standard InChI is InChI=1S/C20H23Cl2N3O5S/c1-4-20(3)18(27)24(16-10-14(21)9-15(22)11-16)19-23-12-17(25(19)20)31(28)30-8-6-5-7-29-13(2)26/h9-12H,4-8H2,1-3H3/t20-,31?/m1/s1. The number of anilines is 2. The highest BCUT2D eigenvalue weighted by Gasteiger charge is 2.50. The molecule has 0 aliphatic carbocycles. The Bertz CT molecular complexity index is 1010. The molecule has 0 radical (unpaired) electrons. The molecule has 1 aromatic heterocycles. The van der Waals surface area contributed by atoms with Crippen LogP contribution in [0.3, 0.4) is 0 Å². The molecule has 0 spiro atoms. The molecule has 2 atom stereocenters. The highest BCUT2D eigenvalue weighted by atomic mass is 35.5. The zero-order valence-electron chi connectivity index (χ0n) is 17.4. The maximum absolute atomic E-state index is 13.4. The van der Waals surface area contributed by atoms with Gasteiger partial charge in [0.25, 0.3) is 5.91 Å². The summed E-state index contributed by atoms with van der Waals surface area (Å²) >= 11 is 10.4. The zero-order chi connectivity index (χ0) is 22.8. The van der Waals surface area contributed by atoms with E-state index in [-0.39, 0.29) is 25.1 Å². The third-order valence-electron chi connectivity index (χ3n) is 5.07. The van der Waals surface area contributed by atoms with Crippen molar-refractivity contribution in [2.24, 2.45) is 0 Å². The Labute approximate surface area is 193 Å². The van der Waals surface area contributed by atoms with Gasteiger partial charge < -0.3 is 4.74 Å². The van der Waals surface area contributed by atoms with Gasteiger partial charge in [0.05, 0.1) is 25.1 Å². The SMILES string of the molecule is CC[C@]1(C)C(=O)N(c2cc(Cl)cc(Cl)c2)c2ncc(S(=O)OCCCCOC(C)=O)n21. The van der Waals surface area contributed by atoms with Gasteiger partial charge in [-0.25, -0.2) is 14.1 Å². The molecule has 168 valence electrons. The number of ether oxygens (including phenoxy) is 1. The number of hydrogen-bond acceptors (Lipinski definition) is 6. The molecule has 0 bridgehead atoms. The van der Waals surface area contributed by atoms with E-state index in [1.807, 2.05) is 6.92 Å². The lowest BCUT2D eigenvalue weighted by Crippen LogP contribution is -2.39. The molecule has 1 unspecified atom stereocenters. The number of imidazole rings is 1. The van der Waals surface area contributed by atoms with Crippen molar-refractivity contribution < 1.29 is 22.7 Å². The van der Waals surface area contributed by atoms with Gasteiger partial charge in [0.1, 0.15) is 5.54 Å². The Balaban J connectivity index is 1.83. The largest absolute Gasteiger partial charge is 0.466 e. The van der Waals surface area contributed by atoms with E-state index in [0.29, 0.717) is 46.0 Å². The molecule has 1 aliphatic rings. The van der Waals surface area contributed by atoms with Gasteiger partial charge in [0.2, 0.25) is 17.0 Å². The molecule has 1 aromatic carbocycles. The van der Waals surface area contributed by atoms with Crippen molar-refractivity contribution in [2.75, 3.05) is 18.1 Å². The second-order valence-electron chi connectivity index (χ2n) is 7.23. The van der Waals surface area contributed by atoms with E-state index in [4.69, 9.17) is 32.1 Å². The van der Waals surface area contributed by atoms with Gasteiger partial charge in [0, 0.05) is 17.0 Å². The normalized spacial score (nSPS) is 18.9. The van der Waals surface area contributed by atoms with Crippen LogP contribution in [-0.2, 0) is 35.1 Å². The fourth-order valence-corrected chi connectivity index (χ4v) is 4.79. The number of carbonyl (C=O) groups excluding carboxylic acids is 2. The van der Waals surface area contributed by atoms with Crippen LogP contribution in [0.1, 0.15) is 40.0 Å². The number of amides is 1. The molecule has 8 nitrogen and oxygen atoms in total. The molecule has 11 heteroatoms. The Kier molecular flexibility index (Phi) is 7.41. The monoisotopic (exact) mass is 487 g/mol. The van der Waals surface area contributed by atoms with Crippen LogP contribution in [0.25, 0.3) is 0 Å². The Morgan fingerprint density at radius 1 is 1.19 bits per heavy atom. The summed E-state index contributed by atoms with van der Waals surface area (Å²) in [7, 11) is 0. The minimum atomic E-state index is -1.83. The Morgan fingerprint density at radius 2 is 1.84 bits per heavy atom. The van der Waals surface area contributed by atoms with Crippen LogP contribution in [0.2, 0.25) is 10.0 Å². The predicted octanol–water partition coefficient (Wildman–Crippen LogP) is 4.38. The number of halogens is 2. The van der Waals surface area contributed by atoms with E-state index in [0.717, 1.165) is 0 Å². The third-order valence-corrected chi connectivity index (χ3v) is 6.51. The van der Waals surface area contributed by atoms with E-state index in [9.17, 15) is 13.8 Å². The summed E-state index contributed by atoms with van der Waals surface area (Å²) in [6.07, 6.45) is 3.06. The number of nitrogens with zero attached hydrogens (tertiary/aromatic N) is 3. The van der Waals surface area contributed by atoms with E-state index in [1.165, 1.54) is 18.0 Å². The number of rotatable bonds is 9. The zero-order valence-corrected chi connectivity index (χ0v) is 19.7. The summed E-state index contributed by atoms with van der Waals surface area (Å²) < 4.78 is 24.8. The lowest BCUT2D eigenvalue weighted by molar-refractivity contribution is -0.141. The topological polar surface area (TPSA) is 90.7 Å². The fourth-order valence-electron chi connectivity index (χ4n) is 3.32. The molecule has 2 heterocycles. The van der Waals surface area contributed by atoms with Gasteiger partial charge >= 0.3 is 5.97 Å². The van der Waals surface area contributed by atoms with Gasteiger partial charge in [-0.2, -0.15) is 0 Å². The average molecular weight is 488 g/mol. The lowest BCUT2D eigenvalue weighted by atomic mass is 9.98. The van der Waals surface area contributed by atoms with E-state index in [1.54, 1.807) is 29.7 Å². The van der Waals surface area contributed by atoms with Gasteiger partial charge in [0.15, 0.2) is 5.03 Å². The summed E-state index contributed by atoms with van der Waals surface area (Å²) in [5.74, 6) is -0.237. The summed E-state index contributed by atoms with van der Waals surface area (Å²) in [4.78, 5) is 29.9. The molecule has 31 heavy (non-hydrogen) atoms. The third kappa shape index (κ3) is 4.79. The molecule has 1 aliphatic heterocycles. The first-order valence-electron chi connectivity index (χ1n) is 9.76. The summed E-state index contributed by atoms with van der Waals surface area (Å²) in [5.41, 5.74) is -0.514. The number of hydrogen-bond donors (Lipinski definition) is 0. The van der Waals surface area contributed by atoms with E-state index >= 15 is 0 Å². The number of unbranched alkanes of at least 4 members (excludes halogenated alkanes) is 1. The van der Waals surface area contributed by atoms with Gasteiger partial charge in [-0.3, -0.25) is 18.3 Å². The van der Waals surface area contributed by atoms with Crippen LogP contribution in [0.15, 0.2) is 29.4 Å². The Hall–Kier alpha value is -1.94. The van der Waals surface area contributed by atoms with E-state index in [2.05, 4.69) is 4.98 Å². The summed E-state index contributed by atoms with van der Waals surface area (Å²) in [6, 6.07) is 4.83. The fraction of sp³-hybridized carbons (Fsp3) is 0.450. The van der Waals surface area contributed by atoms with Crippen molar-refractivity contribution in [1.82, 2.24) is 9.55 Å². The second kappa shape index (κ2) is 9.68. The average Bonchev–Trinajstić information content (AvgIpc) is 3.22.